The molecule has 1 amide bonds. The second-order valence-electron chi connectivity index (χ2n) is 9.41. The van der Waals surface area contributed by atoms with Gasteiger partial charge in [0.2, 0.25) is 5.91 Å². The number of aryl methyl sites for hydroxylation is 1. The van der Waals surface area contributed by atoms with E-state index in [2.05, 4.69) is 42.8 Å². The molecule has 1 aliphatic heterocycles. The molecule has 0 saturated carbocycles. The number of fused-ring (bicyclic) bond motifs is 1. The summed E-state index contributed by atoms with van der Waals surface area (Å²) in [5.41, 5.74) is 5.12. The number of aromatic nitrogens is 1. The van der Waals surface area contributed by atoms with E-state index in [4.69, 9.17) is 9.47 Å². The van der Waals surface area contributed by atoms with Crippen LogP contribution in [0.25, 0.3) is 10.9 Å². The molecule has 1 aliphatic rings. The average molecular weight is 477 g/mol. The average Bonchev–Trinajstić information content (AvgIpc) is 3.39. The minimum Gasteiger partial charge on any atom is -0.496 e. The van der Waals surface area contributed by atoms with E-state index in [9.17, 15) is 9.59 Å². The van der Waals surface area contributed by atoms with Crippen LogP contribution in [0.1, 0.15) is 60.2 Å². The second-order valence-corrected chi connectivity index (χ2v) is 9.41. The van der Waals surface area contributed by atoms with Gasteiger partial charge in [-0.25, -0.2) is 4.79 Å². The smallest absolute Gasteiger partial charge is 0.337 e. The first-order chi connectivity index (χ1) is 17.0. The van der Waals surface area contributed by atoms with E-state index >= 15 is 0 Å². The van der Waals surface area contributed by atoms with Gasteiger partial charge in [0, 0.05) is 49.1 Å². The Kier molecular flexibility index (Phi) is 7.79. The standard InChI is InChI=1S/C29H36N2O4/c1-5-12-30-14-11-22(28(30)32)15-20-7-10-26-25(16-20)24(19-31(26)13-6-2)17-21-8-9-23(29(33)35-4)18-27(21)34-3/h7-10,16,18-19,22H,5-6,11-15,17H2,1-4H3. The normalized spacial score (nSPS) is 15.7. The van der Waals surface area contributed by atoms with Crippen LogP contribution in [0.4, 0.5) is 0 Å². The van der Waals surface area contributed by atoms with Crippen molar-refractivity contribution in [1.82, 2.24) is 9.47 Å². The molecule has 0 bridgehead atoms. The van der Waals surface area contributed by atoms with Gasteiger partial charge in [-0.15, -0.1) is 0 Å². The van der Waals surface area contributed by atoms with Crippen molar-refractivity contribution in [2.24, 2.45) is 5.92 Å². The predicted molar refractivity (Wildman–Crippen MR) is 138 cm³/mol. The van der Waals surface area contributed by atoms with Gasteiger partial charge in [-0.3, -0.25) is 4.79 Å². The molecule has 6 nitrogen and oxygen atoms in total. The summed E-state index contributed by atoms with van der Waals surface area (Å²) in [5, 5.41) is 1.21. The number of carbonyl (C=O) groups is 2. The first-order valence-electron chi connectivity index (χ1n) is 12.6. The Labute approximate surface area is 207 Å². The van der Waals surface area contributed by atoms with Gasteiger partial charge in [-0.2, -0.15) is 0 Å². The van der Waals surface area contributed by atoms with Crippen LogP contribution in [-0.2, 0) is 28.9 Å². The third kappa shape index (κ3) is 5.21. The number of ether oxygens (including phenoxy) is 2. The molecule has 186 valence electrons. The first-order valence-corrected chi connectivity index (χ1v) is 12.6. The highest BCUT2D eigenvalue weighted by Gasteiger charge is 2.31. The minimum atomic E-state index is -0.377. The Balaban J connectivity index is 1.65. The highest BCUT2D eigenvalue weighted by atomic mass is 16.5. The Morgan fingerprint density at radius 1 is 1.03 bits per heavy atom. The summed E-state index contributed by atoms with van der Waals surface area (Å²) < 4.78 is 12.8. The molecule has 6 heteroatoms. The fraction of sp³-hybridized carbons (Fsp3) is 0.448. The minimum absolute atomic E-state index is 0.0751. The van der Waals surface area contributed by atoms with E-state index in [1.165, 1.54) is 29.1 Å². The van der Waals surface area contributed by atoms with Gasteiger partial charge >= 0.3 is 5.97 Å². The van der Waals surface area contributed by atoms with Gasteiger partial charge < -0.3 is 18.9 Å². The monoisotopic (exact) mass is 476 g/mol. The van der Waals surface area contributed by atoms with Crippen molar-refractivity contribution in [2.75, 3.05) is 27.3 Å². The van der Waals surface area contributed by atoms with Crippen molar-refractivity contribution in [3.05, 3.63) is 64.8 Å². The van der Waals surface area contributed by atoms with Crippen LogP contribution in [0, 0.1) is 5.92 Å². The Bertz CT molecular complexity index is 1210. The molecular formula is C29H36N2O4. The van der Waals surface area contributed by atoms with Crippen LogP contribution < -0.4 is 4.74 Å². The Morgan fingerprint density at radius 3 is 2.54 bits per heavy atom. The van der Waals surface area contributed by atoms with Crippen molar-refractivity contribution in [2.45, 2.75) is 52.5 Å². The molecule has 2 aromatic carbocycles. The van der Waals surface area contributed by atoms with E-state index in [-0.39, 0.29) is 11.9 Å². The SMILES string of the molecule is CCCN1CCC(Cc2ccc3c(c2)c(Cc2ccc(C(=O)OC)cc2OC)cn3CCC)C1=O. The number of hydrogen-bond donors (Lipinski definition) is 0. The number of carbonyl (C=O) groups excluding carboxylic acids is 2. The van der Waals surface area contributed by atoms with Crippen LogP contribution in [-0.4, -0.2) is 48.7 Å². The third-order valence-electron chi connectivity index (χ3n) is 6.97. The van der Waals surface area contributed by atoms with E-state index < -0.39 is 0 Å². The Morgan fingerprint density at radius 2 is 1.83 bits per heavy atom. The predicted octanol–water partition coefficient (Wildman–Crippen LogP) is 5.24. The topological polar surface area (TPSA) is 60.8 Å². The number of benzene rings is 2. The number of amides is 1. The fourth-order valence-corrected chi connectivity index (χ4v) is 5.22. The number of nitrogens with zero attached hydrogens (tertiary/aromatic N) is 2. The summed E-state index contributed by atoms with van der Waals surface area (Å²) in [6, 6.07) is 12.1. The molecule has 2 heterocycles. The molecule has 0 spiro atoms. The summed E-state index contributed by atoms with van der Waals surface area (Å²) >= 11 is 0. The van der Waals surface area contributed by atoms with Crippen molar-refractivity contribution >= 4 is 22.8 Å². The molecule has 3 aromatic rings. The summed E-state index contributed by atoms with van der Waals surface area (Å²) in [6.07, 6.45) is 6.69. The summed E-state index contributed by atoms with van der Waals surface area (Å²) in [6.45, 7) is 6.98. The van der Waals surface area contributed by atoms with E-state index in [1.54, 1.807) is 19.2 Å². The van der Waals surface area contributed by atoms with Gasteiger partial charge in [0.15, 0.2) is 0 Å². The zero-order chi connectivity index (χ0) is 24.9. The lowest BCUT2D eigenvalue weighted by Gasteiger charge is -2.15. The number of esters is 1. The summed E-state index contributed by atoms with van der Waals surface area (Å²) in [5.74, 6) is 0.670. The highest BCUT2D eigenvalue weighted by Crippen LogP contribution is 2.31. The molecule has 1 unspecified atom stereocenters. The molecule has 1 aromatic heterocycles. The first kappa shape index (κ1) is 24.8. The van der Waals surface area contributed by atoms with Gasteiger partial charge in [-0.1, -0.05) is 26.0 Å². The second kappa shape index (κ2) is 11.0. The molecule has 0 aliphatic carbocycles. The molecular weight excluding hydrogens is 440 g/mol. The molecule has 4 rings (SSSR count). The van der Waals surface area contributed by atoms with Crippen molar-refractivity contribution < 1.29 is 19.1 Å². The zero-order valence-corrected chi connectivity index (χ0v) is 21.3. The van der Waals surface area contributed by atoms with Crippen LogP contribution >= 0.6 is 0 Å². The molecule has 1 saturated heterocycles. The molecule has 1 fully saturated rings. The fourth-order valence-electron chi connectivity index (χ4n) is 5.22. The maximum Gasteiger partial charge on any atom is 0.337 e. The maximum atomic E-state index is 12.8. The number of rotatable bonds is 10. The quantitative estimate of drug-likeness (QED) is 0.376. The van der Waals surface area contributed by atoms with Gasteiger partial charge in [0.1, 0.15) is 5.75 Å². The van der Waals surface area contributed by atoms with Crippen molar-refractivity contribution in [3.63, 3.8) is 0 Å². The van der Waals surface area contributed by atoms with Crippen molar-refractivity contribution in [1.29, 1.82) is 0 Å². The summed E-state index contributed by atoms with van der Waals surface area (Å²) in [4.78, 5) is 26.8. The van der Waals surface area contributed by atoms with Crippen LogP contribution in [0.5, 0.6) is 5.75 Å². The van der Waals surface area contributed by atoms with Crippen LogP contribution in [0.3, 0.4) is 0 Å². The van der Waals surface area contributed by atoms with E-state index in [1.807, 2.05) is 11.0 Å². The largest absolute Gasteiger partial charge is 0.496 e. The van der Waals surface area contributed by atoms with Gasteiger partial charge in [0.25, 0.3) is 0 Å². The lowest BCUT2D eigenvalue weighted by molar-refractivity contribution is -0.130. The molecule has 1 atom stereocenters. The van der Waals surface area contributed by atoms with Crippen LogP contribution in [0.15, 0.2) is 42.6 Å². The maximum absolute atomic E-state index is 12.8. The summed E-state index contributed by atoms with van der Waals surface area (Å²) in [7, 11) is 3.00. The van der Waals surface area contributed by atoms with E-state index in [0.717, 1.165) is 50.9 Å². The van der Waals surface area contributed by atoms with E-state index in [0.29, 0.717) is 23.6 Å². The lowest BCUT2D eigenvalue weighted by atomic mass is 9.95. The van der Waals surface area contributed by atoms with Gasteiger partial charge in [0.05, 0.1) is 19.8 Å². The van der Waals surface area contributed by atoms with Crippen LogP contribution in [0.2, 0.25) is 0 Å². The number of likely N-dealkylation sites (tertiary alicyclic amines) is 1. The highest BCUT2D eigenvalue weighted by molar-refractivity contribution is 5.90. The third-order valence-corrected chi connectivity index (χ3v) is 6.97. The van der Waals surface area contributed by atoms with Gasteiger partial charge in [-0.05, 0) is 66.6 Å². The zero-order valence-electron chi connectivity index (χ0n) is 21.3. The molecule has 35 heavy (non-hydrogen) atoms. The molecule has 0 N–H and O–H groups in total. The Hall–Kier alpha value is -3.28. The van der Waals surface area contributed by atoms with Crippen molar-refractivity contribution in [3.8, 4) is 5.75 Å². The lowest BCUT2D eigenvalue weighted by Crippen LogP contribution is -2.28. The number of hydrogen-bond acceptors (Lipinski definition) is 4. The molecule has 0 radical (unpaired) electrons. The number of methoxy groups -OCH3 is 2.